The highest BCUT2D eigenvalue weighted by atomic mass is 32.2. The standard InChI is InChI=1S/C19H15FN4S/c1-2-11-24-16-6-4-3-5-15(16)17-18(24)21-19(23-22-17)25-12-13-7-9-14(20)10-8-13/h2-10H,1,11-12H2. The van der Waals surface area contributed by atoms with Gasteiger partial charge >= 0.3 is 0 Å². The second-order valence-electron chi connectivity index (χ2n) is 5.60. The van der Waals surface area contributed by atoms with Crippen molar-refractivity contribution in [2.75, 3.05) is 0 Å². The maximum Gasteiger partial charge on any atom is 0.211 e. The lowest BCUT2D eigenvalue weighted by atomic mass is 10.2. The van der Waals surface area contributed by atoms with Crippen molar-refractivity contribution in [1.82, 2.24) is 19.7 Å². The Hall–Kier alpha value is -2.73. The lowest BCUT2D eigenvalue weighted by molar-refractivity contribution is 0.627. The van der Waals surface area contributed by atoms with E-state index in [9.17, 15) is 4.39 Å². The summed E-state index contributed by atoms with van der Waals surface area (Å²) in [7, 11) is 0. The van der Waals surface area contributed by atoms with Crippen LogP contribution in [0, 0.1) is 5.82 Å². The van der Waals surface area contributed by atoms with E-state index < -0.39 is 0 Å². The number of benzene rings is 2. The van der Waals surface area contributed by atoms with E-state index in [1.54, 1.807) is 12.1 Å². The number of aromatic nitrogens is 4. The molecule has 0 aliphatic rings. The number of thioether (sulfide) groups is 1. The first-order valence-electron chi connectivity index (χ1n) is 7.86. The zero-order valence-electron chi connectivity index (χ0n) is 13.4. The molecule has 4 aromatic rings. The van der Waals surface area contributed by atoms with Crippen molar-refractivity contribution in [3.63, 3.8) is 0 Å². The minimum Gasteiger partial charge on any atom is -0.320 e. The number of hydrogen-bond donors (Lipinski definition) is 0. The fourth-order valence-corrected chi connectivity index (χ4v) is 3.53. The number of allylic oxidation sites excluding steroid dienone is 1. The van der Waals surface area contributed by atoms with Crippen LogP contribution in [0.3, 0.4) is 0 Å². The highest BCUT2D eigenvalue weighted by Crippen LogP contribution is 2.28. The number of para-hydroxylation sites is 1. The molecule has 4 nitrogen and oxygen atoms in total. The summed E-state index contributed by atoms with van der Waals surface area (Å²) in [5.74, 6) is 0.428. The highest BCUT2D eigenvalue weighted by Gasteiger charge is 2.14. The van der Waals surface area contributed by atoms with E-state index in [1.165, 1.54) is 23.9 Å². The monoisotopic (exact) mass is 350 g/mol. The molecule has 0 N–H and O–H groups in total. The summed E-state index contributed by atoms with van der Waals surface area (Å²) in [4.78, 5) is 4.69. The fourth-order valence-electron chi connectivity index (χ4n) is 2.79. The molecule has 0 atom stereocenters. The Morgan fingerprint density at radius 1 is 1.08 bits per heavy atom. The van der Waals surface area contributed by atoms with Crippen molar-refractivity contribution in [2.24, 2.45) is 0 Å². The third-order valence-corrected chi connectivity index (χ3v) is 4.86. The first-order valence-corrected chi connectivity index (χ1v) is 8.84. The highest BCUT2D eigenvalue weighted by molar-refractivity contribution is 7.98. The van der Waals surface area contributed by atoms with Crippen LogP contribution in [0.25, 0.3) is 22.1 Å². The molecule has 0 saturated carbocycles. The van der Waals surface area contributed by atoms with Gasteiger partial charge in [0.05, 0.1) is 5.52 Å². The van der Waals surface area contributed by atoms with Crippen molar-refractivity contribution >= 4 is 33.8 Å². The normalized spacial score (nSPS) is 11.2. The van der Waals surface area contributed by atoms with Gasteiger partial charge in [-0.15, -0.1) is 16.8 Å². The second kappa shape index (κ2) is 6.64. The first kappa shape index (κ1) is 15.8. The van der Waals surface area contributed by atoms with Crippen LogP contribution in [0.5, 0.6) is 0 Å². The number of rotatable bonds is 5. The molecule has 0 aliphatic heterocycles. The molecule has 6 heteroatoms. The van der Waals surface area contributed by atoms with E-state index >= 15 is 0 Å². The van der Waals surface area contributed by atoms with Crippen LogP contribution in [-0.2, 0) is 12.3 Å². The van der Waals surface area contributed by atoms with Crippen molar-refractivity contribution in [1.29, 1.82) is 0 Å². The molecule has 0 amide bonds. The molecule has 0 radical (unpaired) electrons. The third kappa shape index (κ3) is 3.00. The van der Waals surface area contributed by atoms with Crippen LogP contribution >= 0.6 is 11.8 Å². The van der Waals surface area contributed by atoms with Gasteiger partial charge in [-0.2, -0.15) is 0 Å². The van der Waals surface area contributed by atoms with Gasteiger partial charge in [-0.1, -0.05) is 48.2 Å². The molecule has 0 saturated heterocycles. The Morgan fingerprint density at radius 2 is 1.88 bits per heavy atom. The van der Waals surface area contributed by atoms with Crippen molar-refractivity contribution < 1.29 is 4.39 Å². The average molecular weight is 350 g/mol. The number of hydrogen-bond acceptors (Lipinski definition) is 4. The molecule has 2 aromatic carbocycles. The summed E-state index contributed by atoms with van der Waals surface area (Å²) in [6.45, 7) is 4.49. The van der Waals surface area contributed by atoms with E-state index in [1.807, 2.05) is 30.3 Å². The molecule has 0 fully saturated rings. The SMILES string of the molecule is C=CCn1c2ccccc2c2nnc(SCc3ccc(F)cc3)nc21. The van der Waals surface area contributed by atoms with Crippen molar-refractivity contribution in [3.05, 3.63) is 72.6 Å². The zero-order chi connectivity index (χ0) is 17.2. The summed E-state index contributed by atoms with van der Waals surface area (Å²) in [6, 6.07) is 14.5. The van der Waals surface area contributed by atoms with Gasteiger partial charge in [0.15, 0.2) is 5.65 Å². The molecule has 124 valence electrons. The molecular formula is C19H15FN4S. The van der Waals surface area contributed by atoms with E-state index in [0.717, 1.165) is 27.6 Å². The molecular weight excluding hydrogens is 335 g/mol. The topological polar surface area (TPSA) is 43.6 Å². The average Bonchev–Trinajstić information content (AvgIpc) is 2.95. The van der Waals surface area contributed by atoms with Gasteiger partial charge in [-0.3, -0.25) is 0 Å². The number of fused-ring (bicyclic) bond motifs is 3. The first-order chi connectivity index (χ1) is 12.3. The Balaban J connectivity index is 1.71. The van der Waals surface area contributed by atoms with E-state index in [-0.39, 0.29) is 5.82 Å². The molecule has 4 rings (SSSR count). The molecule has 25 heavy (non-hydrogen) atoms. The predicted molar refractivity (Wildman–Crippen MR) is 99.0 cm³/mol. The molecule has 2 aromatic heterocycles. The lowest BCUT2D eigenvalue weighted by Crippen LogP contribution is -1.99. The summed E-state index contributed by atoms with van der Waals surface area (Å²) in [5.41, 5.74) is 3.68. The summed E-state index contributed by atoms with van der Waals surface area (Å²) in [5, 5.41) is 10.3. The van der Waals surface area contributed by atoms with Crippen LogP contribution in [-0.4, -0.2) is 19.7 Å². The number of nitrogens with zero attached hydrogens (tertiary/aromatic N) is 4. The Labute approximate surface area is 148 Å². The zero-order valence-corrected chi connectivity index (χ0v) is 14.2. The van der Waals surface area contributed by atoms with E-state index in [2.05, 4.69) is 21.3 Å². The Morgan fingerprint density at radius 3 is 2.68 bits per heavy atom. The molecule has 2 heterocycles. The van der Waals surface area contributed by atoms with Crippen LogP contribution < -0.4 is 0 Å². The number of halogens is 1. The third-order valence-electron chi connectivity index (χ3n) is 3.95. The van der Waals surface area contributed by atoms with Crippen LogP contribution in [0.15, 0.2) is 66.3 Å². The Kier molecular flexibility index (Phi) is 4.19. The maximum absolute atomic E-state index is 13.0. The molecule has 0 unspecified atom stereocenters. The minimum atomic E-state index is -0.234. The summed E-state index contributed by atoms with van der Waals surface area (Å²) in [6.07, 6.45) is 1.85. The van der Waals surface area contributed by atoms with Crippen molar-refractivity contribution in [3.8, 4) is 0 Å². The van der Waals surface area contributed by atoms with E-state index in [4.69, 9.17) is 4.98 Å². The summed E-state index contributed by atoms with van der Waals surface area (Å²) >= 11 is 1.48. The van der Waals surface area contributed by atoms with Crippen LogP contribution in [0.2, 0.25) is 0 Å². The largest absolute Gasteiger partial charge is 0.320 e. The van der Waals surface area contributed by atoms with Gasteiger partial charge in [-0.25, -0.2) is 9.37 Å². The van der Waals surface area contributed by atoms with Gasteiger partial charge in [0.25, 0.3) is 0 Å². The maximum atomic E-state index is 13.0. The van der Waals surface area contributed by atoms with Gasteiger partial charge in [-0.05, 0) is 23.8 Å². The van der Waals surface area contributed by atoms with Crippen LogP contribution in [0.4, 0.5) is 4.39 Å². The van der Waals surface area contributed by atoms with Gasteiger partial charge in [0.1, 0.15) is 11.3 Å². The predicted octanol–water partition coefficient (Wildman–Crippen LogP) is 4.60. The summed E-state index contributed by atoms with van der Waals surface area (Å²) < 4.78 is 15.1. The lowest BCUT2D eigenvalue weighted by Gasteiger charge is -2.03. The molecule has 0 spiro atoms. The molecule has 0 aliphatic carbocycles. The van der Waals surface area contributed by atoms with Gasteiger partial charge < -0.3 is 4.57 Å². The van der Waals surface area contributed by atoms with Gasteiger partial charge in [0.2, 0.25) is 5.16 Å². The minimum absolute atomic E-state index is 0.234. The fraction of sp³-hybridized carbons (Fsp3) is 0.105. The molecule has 0 bridgehead atoms. The van der Waals surface area contributed by atoms with Crippen LogP contribution in [0.1, 0.15) is 5.56 Å². The quantitative estimate of drug-likeness (QED) is 0.390. The van der Waals surface area contributed by atoms with E-state index in [0.29, 0.717) is 17.5 Å². The van der Waals surface area contributed by atoms with Crippen molar-refractivity contribution in [2.45, 2.75) is 17.5 Å². The second-order valence-corrected chi connectivity index (χ2v) is 6.54. The Bertz CT molecular complexity index is 1060. The van der Waals surface area contributed by atoms with Gasteiger partial charge in [0, 0.05) is 17.7 Å². The smallest absolute Gasteiger partial charge is 0.211 e.